The second kappa shape index (κ2) is 5.75. The molecule has 104 valence electrons. The van der Waals surface area contributed by atoms with E-state index in [2.05, 4.69) is 65.5 Å². The predicted molar refractivity (Wildman–Crippen MR) is 86.7 cm³/mol. The van der Waals surface area contributed by atoms with Crippen LogP contribution < -0.4 is 5.32 Å². The topological polar surface area (TPSA) is 37.8 Å². The number of aromatic nitrogens is 2. The SMILES string of the molecule is Cc1ccc(Nc2nccc(-c3ccc(C)cc3)n2)cc1. The normalized spacial score (nSPS) is 10.4. The van der Waals surface area contributed by atoms with Gasteiger partial charge in [-0.3, -0.25) is 0 Å². The Labute approximate surface area is 124 Å². The van der Waals surface area contributed by atoms with Gasteiger partial charge in [0.25, 0.3) is 0 Å². The van der Waals surface area contributed by atoms with Gasteiger partial charge in [0.1, 0.15) is 0 Å². The third kappa shape index (κ3) is 3.26. The molecule has 0 aliphatic rings. The van der Waals surface area contributed by atoms with Crippen molar-refractivity contribution in [3.05, 3.63) is 71.9 Å². The number of hydrogen-bond acceptors (Lipinski definition) is 3. The Balaban J connectivity index is 1.86. The molecule has 0 bridgehead atoms. The molecule has 0 amide bonds. The van der Waals surface area contributed by atoms with Crippen LogP contribution in [0.2, 0.25) is 0 Å². The molecule has 1 aromatic heterocycles. The molecule has 3 rings (SSSR count). The zero-order valence-electron chi connectivity index (χ0n) is 12.2. The van der Waals surface area contributed by atoms with Gasteiger partial charge in [-0.15, -0.1) is 0 Å². The predicted octanol–water partition coefficient (Wildman–Crippen LogP) is 4.50. The maximum atomic E-state index is 4.57. The molecule has 0 aliphatic carbocycles. The highest BCUT2D eigenvalue weighted by Gasteiger charge is 2.02. The summed E-state index contributed by atoms with van der Waals surface area (Å²) < 4.78 is 0. The first-order valence-electron chi connectivity index (χ1n) is 6.94. The first-order chi connectivity index (χ1) is 10.2. The highest BCUT2D eigenvalue weighted by Crippen LogP contribution is 2.20. The molecule has 0 fully saturated rings. The van der Waals surface area contributed by atoms with Crippen molar-refractivity contribution in [1.29, 1.82) is 0 Å². The van der Waals surface area contributed by atoms with Crippen LogP contribution in [0.4, 0.5) is 11.6 Å². The van der Waals surface area contributed by atoms with E-state index >= 15 is 0 Å². The van der Waals surface area contributed by atoms with E-state index in [1.54, 1.807) is 6.20 Å². The third-order valence-corrected chi connectivity index (χ3v) is 3.31. The van der Waals surface area contributed by atoms with Gasteiger partial charge in [-0.25, -0.2) is 9.97 Å². The molecule has 0 radical (unpaired) electrons. The highest BCUT2D eigenvalue weighted by molar-refractivity contribution is 5.62. The summed E-state index contributed by atoms with van der Waals surface area (Å²) in [5, 5.41) is 3.23. The molecule has 3 aromatic rings. The Kier molecular flexibility index (Phi) is 3.65. The van der Waals surface area contributed by atoms with Crippen LogP contribution in [-0.4, -0.2) is 9.97 Å². The Hall–Kier alpha value is -2.68. The molecule has 0 saturated heterocycles. The van der Waals surface area contributed by atoms with Crippen LogP contribution in [-0.2, 0) is 0 Å². The zero-order chi connectivity index (χ0) is 14.7. The van der Waals surface area contributed by atoms with E-state index in [1.165, 1.54) is 11.1 Å². The largest absolute Gasteiger partial charge is 0.324 e. The lowest BCUT2D eigenvalue weighted by atomic mass is 10.1. The van der Waals surface area contributed by atoms with E-state index in [4.69, 9.17) is 0 Å². The van der Waals surface area contributed by atoms with Gasteiger partial charge in [-0.05, 0) is 32.0 Å². The van der Waals surface area contributed by atoms with Crippen molar-refractivity contribution in [1.82, 2.24) is 9.97 Å². The summed E-state index contributed by atoms with van der Waals surface area (Å²) in [6.07, 6.45) is 1.78. The molecule has 2 aromatic carbocycles. The molecule has 0 atom stereocenters. The lowest BCUT2D eigenvalue weighted by Crippen LogP contribution is -1.97. The minimum Gasteiger partial charge on any atom is -0.324 e. The molecule has 0 saturated carbocycles. The Morgan fingerprint density at radius 1 is 0.762 bits per heavy atom. The average molecular weight is 275 g/mol. The van der Waals surface area contributed by atoms with Crippen molar-refractivity contribution in [3.8, 4) is 11.3 Å². The monoisotopic (exact) mass is 275 g/mol. The first-order valence-corrected chi connectivity index (χ1v) is 6.94. The van der Waals surface area contributed by atoms with Gasteiger partial charge in [0.05, 0.1) is 5.69 Å². The standard InChI is InChI=1S/C18H17N3/c1-13-3-7-15(8-4-13)17-11-12-19-18(21-17)20-16-9-5-14(2)6-10-16/h3-12H,1-2H3,(H,19,20,21). The molecule has 0 spiro atoms. The van der Waals surface area contributed by atoms with E-state index < -0.39 is 0 Å². The molecule has 21 heavy (non-hydrogen) atoms. The molecular formula is C18H17N3. The summed E-state index contributed by atoms with van der Waals surface area (Å²) in [6.45, 7) is 4.15. The van der Waals surface area contributed by atoms with Crippen LogP contribution in [0.5, 0.6) is 0 Å². The van der Waals surface area contributed by atoms with Crippen molar-refractivity contribution in [3.63, 3.8) is 0 Å². The van der Waals surface area contributed by atoms with Crippen LogP contribution in [0, 0.1) is 13.8 Å². The third-order valence-electron chi connectivity index (χ3n) is 3.31. The van der Waals surface area contributed by atoms with Crippen molar-refractivity contribution in [2.45, 2.75) is 13.8 Å². The minimum atomic E-state index is 0.608. The number of hydrogen-bond donors (Lipinski definition) is 1. The molecule has 3 nitrogen and oxygen atoms in total. The second-order valence-electron chi connectivity index (χ2n) is 5.12. The molecular weight excluding hydrogens is 258 g/mol. The number of nitrogens with zero attached hydrogens (tertiary/aromatic N) is 2. The molecule has 1 heterocycles. The molecule has 1 N–H and O–H groups in total. The quantitative estimate of drug-likeness (QED) is 0.764. The van der Waals surface area contributed by atoms with Crippen LogP contribution in [0.25, 0.3) is 11.3 Å². The number of rotatable bonds is 3. The Morgan fingerprint density at radius 2 is 1.38 bits per heavy atom. The maximum Gasteiger partial charge on any atom is 0.227 e. The van der Waals surface area contributed by atoms with Crippen molar-refractivity contribution >= 4 is 11.6 Å². The zero-order valence-corrected chi connectivity index (χ0v) is 12.2. The summed E-state index contributed by atoms with van der Waals surface area (Å²) in [4.78, 5) is 8.85. The molecule has 3 heteroatoms. The fourth-order valence-electron chi connectivity index (χ4n) is 2.07. The summed E-state index contributed by atoms with van der Waals surface area (Å²) in [5.74, 6) is 0.608. The van der Waals surface area contributed by atoms with Crippen molar-refractivity contribution < 1.29 is 0 Å². The molecule has 0 aliphatic heterocycles. The summed E-state index contributed by atoms with van der Waals surface area (Å²) in [6, 6.07) is 18.4. The average Bonchev–Trinajstić information content (AvgIpc) is 2.51. The minimum absolute atomic E-state index is 0.608. The number of benzene rings is 2. The van der Waals surface area contributed by atoms with E-state index in [9.17, 15) is 0 Å². The maximum absolute atomic E-state index is 4.57. The van der Waals surface area contributed by atoms with Gasteiger partial charge in [0.15, 0.2) is 0 Å². The first kappa shape index (κ1) is 13.3. The number of aryl methyl sites for hydroxylation is 2. The Bertz CT molecular complexity index is 731. The van der Waals surface area contributed by atoms with Gasteiger partial charge >= 0.3 is 0 Å². The van der Waals surface area contributed by atoms with Gasteiger partial charge < -0.3 is 5.32 Å². The van der Waals surface area contributed by atoms with E-state index in [1.807, 2.05) is 18.2 Å². The second-order valence-corrected chi connectivity index (χ2v) is 5.12. The smallest absolute Gasteiger partial charge is 0.227 e. The molecule has 0 unspecified atom stereocenters. The van der Waals surface area contributed by atoms with Crippen molar-refractivity contribution in [2.24, 2.45) is 0 Å². The lowest BCUT2D eigenvalue weighted by molar-refractivity contribution is 1.17. The van der Waals surface area contributed by atoms with E-state index in [0.717, 1.165) is 16.9 Å². The van der Waals surface area contributed by atoms with Crippen LogP contribution in [0.1, 0.15) is 11.1 Å². The lowest BCUT2D eigenvalue weighted by Gasteiger charge is -2.07. The fourth-order valence-corrected chi connectivity index (χ4v) is 2.07. The van der Waals surface area contributed by atoms with Crippen LogP contribution in [0.3, 0.4) is 0 Å². The van der Waals surface area contributed by atoms with Crippen LogP contribution in [0.15, 0.2) is 60.8 Å². The Morgan fingerprint density at radius 3 is 2.05 bits per heavy atom. The van der Waals surface area contributed by atoms with Gasteiger partial charge in [-0.1, -0.05) is 47.5 Å². The van der Waals surface area contributed by atoms with E-state index in [-0.39, 0.29) is 0 Å². The van der Waals surface area contributed by atoms with E-state index in [0.29, 0.717) is 5.95 Å². The number of anilines is 2. The summed E-state index contributed by atoms with van der Waals surface area (Å²) >= 11 is 0. The van der Waals surface area contributed by atoms with Gasteiger partial charge in [-0.2, -0.15) is 0 Å². The van der Waals surface area contributed by atoms with Gasteiger partial charge in [0, 0.05) is 17.4 Å². The van der Waals surface area contributed by atoms with Gasteiger partial charge in [0.2, 0.25) is 5.95 Å². The highest BCUT2D eigenvalue weighted by atomic mass is 15.1. The number of nitrogens with one attached hydrogen (secondary N) is 1. The summed E-state index contributed by atoms with van der Waals surface area (Å²) in [5.41, 5.74) is 5.47. The fraction of sp³-hybridized carbons (Fsp3) is 0.111. The van der Waals surface area contributed by atoms with Crippen molar-refractivity contribution in [2.75, 3.05) is 5.32 Å². The van der Waals surface area contributed by atoms with Crippen LogP contribution >= 0.6 is 0 Å². The summed E-state index contributed by atoms with van der Waals surface area (Å²) in [7, 11) is 0.